The average molecular weight is 380 g/mol. The van der Waals surface area contributed by atoms with Gasteiger partial charge in [0, 0.05) is 12.2 Å². The molecule has 0 amide bonds. The Morgan fingerprint density at radius 3 is 2.59 bits per heavy atom. The molecule has 27 heavy (non-hydrogen) atoms. The lowest BCUT2D eigenvalue weighted by atomic mass is 10.0. The molecule has 2 heterocycles. The molecule has 1 aliphatic heterocycles. The number of tetrazole rings is 1. The molecule has 0 saturated carbocycles. The second kappa shape index (κ2) is 8.45. The van der Waals surface area contributed by atoms with E-state index in [-0.39, 0.29) is 11.9 Å². The molecule has 7 heteroatoms. The van der Waals surface area contributed by atoms with Gasteiger partial charge in [0.25, 0.3) is 0 Å². The van der Waals surface area contributed by atoms with Gasteiger partial charge in [-0.3, -0.25) is 4.79 Å². The van der Waals surface area contributed by atoms with E-state index in [1.165, 1.54) is 11.8 Å². The number of hydrogen-bond acceptors (Lipinski definition) is 6. The molecule has 0 spiro atoms. The Kier molecular flexibility index (Phi) is 5.60. The van der Waals surface area contributed by atoms with Crippen LogP contribution in [0.2, 0.25) is 0 Å². The van der Waals surface area contributed by atoms with Gasteiger partial charge in [0.1, 0.15) is 5.25 Å². The number of carbonyl (C=O) groups excluding carboxylic acids is 1. The summed E-state index contributed by atoms with van der Waals surface area (Å²) < 4.78 is 7.44. The van der Waals surface area contributed by atoms with Crippen molar-refractivity contribution < 1.29 is 9.53 Å². The zero-order valence-corrected chi connectivity index (χ0v) is 15.6. The third-order valence-corrected chi connectivity index (χ3v) is 5.75. The first-order chi connectivity index (χ1) is 13.3. The van der Waals surface area contributed by atoms with Crippen LogP contribution in [-0.4, -0.2) is 38.7 Å². The van der Waals surface area contributed by atoms with Gasteiger partial charge in [-0.15, -0.1) is 5.10 Å². The Morgan fingerprint density at radius 2 is 1.89 bits per heavy atom. The lowest BCUT2D eigenvalue weighted by molar-refractivity contribution is 0.0911. The summed E-state index contributed by atoms with van der Waals surface area (Å²) in [5.74, 6) is 0.0402. The van der Waals surface area contributed by atoms with Crippen LogP contribution in [0.4, 0.5) is 0 Å². The van der Waals surface area contributed by atoms with Gasteiger partial charge in [-0.05, 0) is 28.8 Å². The summed E-state index contributed by atoms with van der Waals surface area (Å²) in [6.07, 6.45) is 2.21. The second-order valence-electron chi connectivity index (χ2n) is 6.42. The van der Waals surface area contributed by atoms with E-state index in [2.05, 4.69) is 15.5 Å². The van der Waals surface area contributed by atoms with Crippen LogP contribution in [0, 0.1) is 0 Å². The summed E-state index contributed by atoms with van der Waals surface area (Å²) in [7, 11) is 0. The molecule has 2 aromatic carbocycles. The highest BCUT2D eigenvalue weighted by Gasteiger charge is 2.27. The maximum absolute atomic E-state index is 13.2. The largest absolute Gasteiger partial charge is 0.376 e. The van der Waals surface area contributed by atoms with Crippen LogP contribution < -0.4 is 0 Å². The Labute approximate surface area is 161 Å². The van der Waals surface area contributed by atoms with Crippen molar-refractivity contribution in [3.63, 3.8) is 0 Å². The highest BCUT2D eigenvalue weighted by atomic mass is 32.2. The number of carbonyl (C=O) groups is 1. The zero-order chi connectivity index (χ0) is 18.5. The SMILES string of the molecule is O=C(c1ccccc1)[C@H](Sc1nnnn1C[C@@H]1CCCO1)c1ccccc1. The number of aromatic nitrogens is 4. The average Bonchev–Trinajstić information content (AvgIpc) is 3.39. The zero-order valence-electron chi connectivity index (χ0n) is 14.8. The maximum atomic E-state index is 13.2. The summed E-state index contributed by atoms with van der Waals surface area (Å²) in [5, 5.41) is 12.3. The van der Waals surface area contributed by atoms with E-state index in [0.717, 1.165) is 25.0 Å². The van der Waals surface area contributed by atoms with Crippen LogP contribution in [0.3, 0.4) is 0 Å². The summed E-state index contributed by atoms with van der Waals surface area (Å²) in [6, 6.07) is 19.1. The van der Waals surface area contributed by atoms with E-state index in [1.54, 1.807) is 4.68 Å². The number of benzene rings is 2. The number of ketones is 1. The van der Waals surface area contributed by atoms with E-state index in [4.69, 9.17) is 4.74 Å². The van der Waals surface area contributed by atoms with Crippen molar-refractivity contribution in [1.82, 2.24) is 20.2 Å². The normalized spacial score (nSPS) is 17.7. The van der Waals surface area contributed by atoms with Crippen molar-refractivity contribution in [1.29, 1.82) is 0 Å². The fraction of sp³-hybridized carbons (Fsp3) is 0.300. The molecule has 0 unspecified atom stereocenters. The van der Waals surface area contributed by atoms with E-state index in [0.29, 0.717) is 17.3 Å². The van der Waals surface area contributed by atoms with Crippen molar-refractivity contribution in [2.75, 3.05) is 6.61 Å². The number of nitrogens with zero attached hydrogens (tertiary/aromatic N) is 4. The molecule has 2 atom stereocenters. The first kappa shape index (κ1) is 17.9. The summed E-state index contributed by atoms with van der Waals surface area (Å²) >= 11 is 1.38. The van der Waals surface area contributed by atoms with Gasteiger partial charge >= 0.3 is 0 Å². The molecule has 6 nitrogen and oxygen atoms in total. The summed E-state index contributed by atoms with van der Waals surface area (Å²) in [5.41, 5.74) is 1.61. The molecule has 0 radical (unpaired) electrons. The number of thioether (sulfide) groups is 1. The smallest absolute Gasteiger partial charge is 0.210 e. The van der Waals surface area contributed by atoms with Crippen LogP contribution in [0.5, 0.6) is 0 Å². The Bertz CT molecular complexity index is 879. The monoisotopic (exact) mass is 380 g/mol. The topological polar surface area (TPSA) is 69.9 Å². The number of rotatable bonds is 7. The molecule has 4 rings (SSSR count). The lowest BCUT2D eigenvalue weighted by Crippen LogP contribution is -2.18. The van der Waals surface area contributed by atoms with E-state index in [9.17, 15) is 4.79 Å². The molecule has 3 aromatic rings. The number of hydrogen-bond donors (Lipinski definition) is 0. The Balaban J connectivity index is 1.60. The molecule has 1 aliphatic rings. The minimum Gasteiger partial charge on any atom is -0.376 e. The first-order valence-electron chi connectivity index (χ1n) is 9.00. The number of ether oxygens (including phenoxy) is 1. The third kappa shape index (κ3) is 4.26. The minimum absolute atomic E-state index is 0.0402. The maximum Gasteiger partial charge on any atom is 0.210 e. The van der Waals surface area contributed by atoms with Crippen molar-refractivity contribution in [2.24, 2.45) is 0 Å². The van der Waals surface area contributed by atoms with Crippen molar-refractivity contribution in [3.8, 4) is 0 Å². The Morgan fingerprint density at radius 1 is 1.15 bits per heavy atom. The van der Waals surface area contributed by atoms with Crippen molar-refractivity contribution >= 4 is 17.5 Å². The van der Waals surface area contributed by atoms with E-state index < -0.39 is 5.25 Å². The van der Waals surface area contributed by atoms with Crippen LogP contribution >= 0.6 is 11.8 Å². The molecule has 0 N–H and O–H groups in total. The van der Waals surface area contributed by atoms with E-state index in [1.807, 2.05) is 60.7 Å². The molecular weight excluding hydrogens is 360 g/mol. The predicted octanol–water partition coefficient (Wildman–Crippen LogP) is 3.57. The van der Waals surface area contributed by atoms with E-state index >= 15 is 0 Å². The highest BCUT2D eigenvalue weighted by molar-refractivity contribution is 8.00. The fourth-order valence-corrected chi connectivity index (χ4v) is 4.20. The number of Topliss-reactive ketones (excluding diaryl/α,β-unsaturated/α-hetero) is 1. The molecule has 0 bridgehead atoms. The van der Waals surface area contributed by atoms with Gasteiger partial charge < -0.3 is 4.74 Å². The first-order valence-corrected chi connectivity index (χ1v) is 9.88. The molecule has 1 saturated heterocycles. The lowest BCUT2D eigenvalue weighted by Gasteiger charge is -2.16. The van der Waals surface area contributed by atoms with Crippen LogP contribution in [-0.2, 0) is 11.3 Å². The van der Waals surface area contributed by atoms with Gasteiger partial charge in [-0.1, -0.05) is 72.4 Å². The van der Waals surface area contributed by atoms with Gasteiger partial charge in [0.15, 0.2) is 5.78 Å². The quantitative estimate of drug-likeness (QED) is 0.461. The second-order valence-corrected chi connectivity index (χ2v) is 7.49. The molecule has 138 valence electrons. The highest BCUT2D eigenvalue weighted by Crippen LogP contribution is 2.36. The molecule has 0 aliphatic carbocycles. The minimum atomic E-state index is -0.414. The summed E-state index contributed by atoms with van der Waals surface area (Å²) in [4.78, 5) is 13.2. The molecule has 1 aromatic heterocycles. The Hall–Kier alpha value is -2.51. The van der Waals surface area contributed by atoms with Gasteiger partial charge in [-0.2, -0.15) is 0 Å². The van der Waals surface area contributed by atoms with Crippen LogP contribution in [0.1, 0.15) is 34.0 Å². The van der Waals surface area contributed by atoms with Crippen LogP contribution in [0.25, 0.3) is 0 Å². The molecule has 1 fully saturated rings. The third-order valence-electron chi connectivity index (χ3n) is 4.52. The fourth-order valence-electron chi connectivity index (χ4n) is 3.14. The van der Waals surface area contributed by atoms with Gasteiger partial charge in [0.2, 0.25) is 5.16 Å². The van der Waals surface area contributed by atoms with Crippen molar-refractivity contribution in [2.45, 2.75) is 35.9 Å². The standard InChI is InChI=1S/C20H20N4O2S/c25-18(15-8-3-1-4-9-15)19(16-10-5-2-6-11-16)27-20-21-22-23-24(20)14-17-12-7-13-26-17/h1-6,8-11,17,19H,7,12-14H2/t17-,19+/m0/s1. The molecular formula is C20H20N4O2S. The van der Waals surface area contributed by atoms with Gasteiger partial charge in [-0.25, -0.2) is 4.68 Å². The van der Waals surface area contributed by atoms with Crippen molar-refractivity contribution in [3.05, 3.63) is 71.8 Å². The predicted molar refractivity (Wildman–Crippen MR) is 103 cm³/mol. The van der Waals surface area contributed by atoms with Crippen LogP contribution in [0.15, 0.2) is 65.8 Å². The van der Waals surface area contributed by atoms with Gasteiger partial charge in [0.05, 0.1) is 12.6 Å². The summed E-state index contributed by atoms with van der Waals surface area (Å²) in [6.45, 7) is 1.39.